The highest BCUT2D eigenvalue weighted by Crippen LogP contribution is 2.34. The third-order valence-corrected chi connectivity index (χ3v) is 3.77. The monoisotopic (exact) mass is 208 g/mol. The van der Waals surface area contributed by atoms with Gasteiger partial charge in [0.15, 0.2) is 0 Å². The second-order valence-corrected chi connectivity index (χ2v) is 5.60. The fourth-order valence-electron chi connectivity index (χ4n) is 1.39. The molecule has 0 radical (unpaired) electrons. The summed E-state index contributed by atoms with van der Waals surface area (Å²) in [6, 6.07) is 7.22. The molecule has 0 amide bonds. The van der Waals surface area contributed by atoms with E-state index in [9.17, 15) is 4.39 Å². The molecule has 0 fully saturated rings. The van der Waals surface area contributed by atoms with Crippen LogP contribution in [-0.4, -0.2) is 0 Å². The molecule has 0 unspecified atom stereocenters. The number of benzene rings is 1. The van der Waals surface area contributed by atoms with Crippen LogP contribution < -0.4 is 0 Å². The molecule has 0 aliphatic rings. The van der Waals surface area contributed by atoms with Crippen LogP contribution in [0.5, 0.6) is 0 Å². The number of hydrogen-bond acceptors (Lipinski definition) is 1. The van der Waals surface area contributed by atoms with E-state index >= 15 is 0 Å². The van der Waals surface area contributed by atoms with Gasteiger partial charge in [0.1, 0.15) is 5.82 Å². The van der Waals surface area contributed by atoms with Gasteiger partial charge in [0.05, 0.1) is 0 Å². The van der Waals surface area contributed by atoms with Gasteiger partial charge in [-0.05, 0) is 23.6 Å². The first kappa shape index (κ1) is 9.66. The third kappa shape index (κ3) is 1.55. The van der Waals surface area contributed by atoms with E-state index in [1.54, 1.807) is 17.4 Å². The second kappa shape index (κ2) is 3.06. The molecule has 0 aliphatic carbocycles. The van der Waals surface area contributed by atoms with Crippen molar-refractivity contribution in [3.05, 3.63) is 35.0 Å². The molecule has 0 N–H and O–H groups in total. The maximum Gasteiger partial charge on any atom is 0.131 e. The molecule has 0 nitrogen and oxygen atoms in total. The van der Waals surface area contributed by atoms with Crippen molar-refractivity contribution in [2.45, 2.75) is 26.2 Å². The topological polar surface area (TPSA) is 0 Å². The van der Waals surface area contributed by atoms with Crippen LogP contribution in [0.1, 0.15) is 25.6 Å². The van der Waals surface area contributed by atoms with Gasteiger partial charge in [0.25, 0.3) is 0 Å². The fraction of sp³-hybridized carbons (Fsp3) is 0.333. The van der Waals surface area contributed by atoms with Gasteiger partial charge in [-0.15, -0.1) is 11.3 Å². The number of halogens is 1. The molecule has 2 aromatic rings. The van der Waals surface area contributed by atoms with Gasteiger partial charge in [0.2, 0.25) is 0 Å². The van der Waals surface area contributed by atoms with Gasteiger partial charge < -0.3 is 0 Å². The molecule has 1 heterocycles. The SMILES string of the molecule is CC(C)(C)c1cc2c(F)cccc2s1. The first-order chi connectivity index (χ1) is 6.48. The summed E-state index contributed by atoms with van der Waals surface area (Å²) < 4.78 is 14.4. The lowest BCUT2D eigenvalue weighted by molar-refractivity contribution is 0.603. The molecule has 0 aliphatic heterocycles. The van der Waals surface area contributed by atoms with Crippen LogP contribution >= 0.6 is 11.3 Å². The maximum absolute atomic E-state index is 13.4. The van der Waals surface area contributed by atoms with E-state index in [4.69, 9.17) is 0 Å². The maximum atomic E-state index is 13.4. The van der Waals surface area contributed by atoms with Crippen LogP contribution in [0.25, 0.3) is 10.1 Å². The van der Waals surface area contributed by atoms with Crippen LogP contribution in [-0.2, 0) is 5.41 Å². The van der Waals surface area contributed by atoms with Crippen LogP contribution in [0, 0.1) is 5.82 Å². The highest BCUT2D eigenvalue weighted by Gasteiger charge is 2.17. The van der Waals surface area contributed by atoms with E-state index in [1.807, 2.05) is 12.1 Å². The van der Waals surface area contributed by atoms with E-state index in [-0.39, 0.29) is 11.2 Å². The summed E-state index contributed by atoms with van der Waals surface area (Å²) >= 11 is 1.68. The van der Waals surface area contributed by atoms with E-state index in [0.717, 1.165) is 10.1 Å². The molecule has 0 saturated carbocycles. The molecule has 0 spiro atoms. The third-order valence-electron chi connectivity index (χ3n) is 2.25. The Morgan fingerprint density at radius 1 is 1.21 bits per heavy atom. The van der Waals surface area contributed by atoms with Crippen LogP contribution in [0.2, 0.25) is 0 Å². The minimum atomic E-state index is -0.116. The minimum Gasteiger partial charge on any atom is -0.206 e. The molecule has 0 saturated heterocycles. The van der Waals surface area contributed by atoms with Crippen molar-refractivity contribution in [1.29, 1.82) is 0 Å². The minimum absolute atomic E-state index is 0.107. The summed E-state index contributed by atoms with van der Waals surface area (Å²) in [5, 5.41) is 0.752. The first-order valence-corrected chi connectivity index (χ1v) is 5.49. The first-order valence-electron chi connectivity index (χ1n) is 4.67. The van der Waals surface area contributed by atoms with Crippen molar-refractivity contribution in [1.82, 2.24) is 0 Å². The highest BCUT2D eigenvalue weighted by molar-refractivity contribution is 7.19. The Morgan fingerprint density at radius 2 is 1.93 bits per heavy atom. The normalized spacial score (nSPS) is 12.3. The summed E-state index contributed by atoms with van der Waals surface area (Å²) in [5.41, 5.74) is 0.107. The summed E-state index contributed by atoms with van der Waals surface area (Å²) in [6.45, 7) is 6.45. The zero-order valence-corrected chi connectivity index (χ0v) is 9.41. The van der Waals surface area contributed by atoms with Crippen LogP contribution in [0.4, 0.5) is 4.39 Å². The number of rotatable bonds is 0. The molecule has 2 heteroatoms. The Hall–Kier alpha value is -0.890. The summed E-state index contributed by atoms with van der Waals surface area (Å²) in [4.78, 5) is 1.23. The van der Waals surface area contributed by atoms with Crippen molar-refractivity contribution in [2.24, 2.45) is 0 Å². The molecule has 2 rings (SSSR count). The van der Waals surface area contributed by atoms with E-state index in [1.165, 1.54) is 10.9 Å². The largest absolute Gasteiger partial charge is 0.206 e. The van der Waals surface area contributed by atoms with Crippen LogP contribution in [0.3, 0.4) is 0 Å². The molecule has 0 atom stereocenters. The predicted octanol–water partition coefficient (Wildman–Crippen LogP) is 4.34. The van der Waals surface area contributed by atoms with Crippen molar-refractivity contribution in [2.75, 3.05) is 0 Å². The Labute approximate surface area is 87.4 Å². The lowest BCUT2D eigenvalue weighted by atomic mass is 9.94. The standard InChI is InChI=1S/C12H13FS/c1-12(2,3)11-7-8-9(13)5-4-6-10(8)14-11/h4-7H,1-3H3. The smallest absolute Gasteiger partial charge is 0.131 e. The van der Waals surface area contributed by atoms with Crippen molar-refractivity contribution < 1.29 is 4.39 Å². The molecule has 1 aromatic carbocycles. The molecular weight excluding hydrogens is 195 g/mol. The van der Waals surface area contributed by atoms with E-state index in [2.05, 4.69) is 20.8 Å². The number of hydrogen-bond donors (Lipinski definition) is 0. The molecule has 14 heavy (non-hydrogen) atoms. The molecule has 74 valence electrons. The van der Waals surface area contributed by atoms with Gasteiger partial charge in [-0.2, -0.15) is 0 Å². The predicted molar refractivity (Wildman–Crippen MR) is 60.5 cm³/mol. The molecule has 1 aromatic heterocycles. The van der Waals surface area contributed by atoms with Crippen LogP contribution in [0.15, 0.2) is 24.3 Å². The van der Waals surface area contributed by atoms with Gasteiger partial charge in [-0.1, -0.05) is 26.8 Å². The Kier molecular flexibility index (Phi) is 2.11. The lowest BCUT2D eigenvalue weighted by Gasteiger charge is -2.14. The Bertz CT molecular complexity index is 463. The van der Waals surface area contributed by atoms with Crippen molar-refractivity contribution in [3.8, 4) is 0 Å². The Balaban J connectivity index is 2.69. The van der Waals surface area contributed by atoms with E-state index < -0.39 is 0 Å². The van der Waals surface area contributed by atoms with Gasteiger partial charge in [-0.25, -0.2) is 4.39 Å². The summed E-state index contributed by atoms with van der Waals surface area (Å²) in [5.74, 6) is -0.116. The van der Waals surface area contributed by atoms with Gasteiger partial charge in [-0.3, -0.25) is 0 Å². The second-order valence-electron chi connectivity index (χ2n) is 4.51. The lowest BCUT2D eigenvalue weighted by Crippen LogP contribution is -2.07. The van der Waals surface area contributed by atoms with E-state index in [0.29, 0.717) is 0 Å². The zero-order chi connectivity index (χ0) is 10.3. The quantitative estimate of drug-likeness (QED) is 0.604. The van der Waals surface area contributed by atoms with Gasteiger partial charge >= 0.3 is 0 Å². The summed E-state index contributed by atoms with van der Waals surface area (Å²) in [6.07, 6.45) is 0. The average molecular weight is 208 g/mol. The van der Waals surface area contributed by atoms with Crippen molar-refractivity contribution in [3.63, 3.8) is 0 Å². The number of thiophene rings is 1. The summed E-state index contributed by atoms with van der Waals surface area (Å²) in [7, 11) is 0. The number of fused-ring (bicyclic) bond motifs is 1. The highest BCUT2D eigenvalue weighted by atomic mass is 32.1. The molecular formula is C12H13FS. The fourth-order valence-corrected chi connectivity index (χ4v) is 2.53. The average Bonchev–Trinajstić information content (AvgIpc) is 2.48. The van der Waals surface area contributed by atoms with Gasteiger partial charge in [0, 0.05) is 15.0 Å². The van der Waals surface area contributed by atoms with Crippen molar-refractivity contribution >= 4 is 21.4 Å². The zero-order valence-electron chi connectivity index (χ0n) is 8.60. The molecule has 0 bridgehead atoms. The Morgan fingerprint density at radius 3 is 2.50 bits per heavy atom.